The molecule has 4 N–H and O–H groups in total. The van der Waals surface area contributed by atoms with Gasteiger partial charge in [-0.15, -0.1) is 0 Å². The van der Waals surface area contributed by atoms with Crippen LogP contribution in [0.15, 0.2) is 47.5 Å². The lowest BCUT2D eigenvalue weighted by molar-refractivity contribution is -0.143. The van der Waals surface area contributed by atoms with Gasteiger partial charge in [0.25, 0.3) is 0 Å². The maximum atomic E-state index is 13.3. The molecule has 1 aliphatic carbocycles. The van der Waals surface area contributed by atoms with Crippen LogP contribution in [-0.2, 0) is 21.5 Å². The Morgan fingerprint density at radius 2 is 1.67 bits per heavy atom. The zero-order chi connectivity index (χ0) is 33.6. The van der Waals surface area contributed by atoms with E-state index in [2.05, 4.69) is 16.0 Å². The maximum Gasteiger partial charge on any atom is 0.316 e. The Morgan fingerprint density at radius 3 is 2.27 bits per heavy atom. The van der Waals surface area contributed by atoms with Crippen LogP contribution in [0.4, 0.5) is 0 Å². The number of esters is 1. The quantitative estimate of drug-likeness (QED) is 0.112. The van der Waals surface area contributed by atoms with Gasteiger partial charge in [0.05, 0.1) is 17.5 Å². The average molecular weight is 637 g/mol. The lowest BCUT2D eigenvalue weighted by Gasteiger charge is -2.34. The maximum absolute atomic E-state index is 13.3. The number of carbonyl (C=O) groups is 2. The summed E-state index contributed by atoms with van der Waals surface area (Å²) in [4.78, 5) is 30.8. The second kappa shape index (κ2) is 14.8. The molecular formula is C36H52N4O4S. The molecule has 0 aromatic heterocycles. The number of amides is 1. The summed E-state index contributed by atoms with van der Waals surface area (Å²) >= 11 is 5.73. The number of phenols is 1. The van der Waals surface area contributed by atoms with Gasteiger partial charge in [0.2, 0.25) is 5.91 Å². The molecule has 2 aromatic carbocycles. The summed E-state index contributed by atoms with van der Waals surface area (Å²) in [5.41, 5.74) is 0.746. The van der Waals surface area contributed by atoms with E-state index < -0.39 is 11.5 Å². The molecule has 1 saturated carbocycles. The zero-order valence-electron chi connectivity index (χ0n) is 28.4. The van der Waals surface area contributed by atoms with E-state index in [1.807, 2.05) is 71.9 Å². The van der Waals surface area contributed by atoms with Crippen LogP contribution in [0.25, 0.3) is 0 Å². The van der Waals surface area contributed by atoms with Crippen LogP contribution in [-0.4, -0.2) is 46.4 Å². The number of aliphatic imine (C=N–C) groups is 1. The summed E-state index contributed by atoms with van der Waals surface area (Å²) in [6.07, 6.45) is 5.45. The van der Waals surface area contributed by atoms with Gasteiger partial charge in [-0.1, -0.05) is 84.7 Å². The highest BCUT2D eigenvalue weighted by molar-refractivity contribution is 7.80. The van der Waals surface area contributed by atoms with E-state index in [1.165, 1.54) is 0 Å². The molecule has 0 spiro atoms. The standard InChI is InChI=1S/C36H52N4O4S/c1-34(2,3)26-20-25(44-32(43)36(7,8)9)19-24(29(26)41)22-37-27-17-13-14-18-28(27)39-33(45)40-30(35(4,5)6)31(42)38-21-23-15-11-10-12-16-23/h10-12,15-16,19-20,22,27-28,30,41H,13-14,17-18,21H2,1-9H3,(H,38,42)(H2,39,40,45)/t27-,28?,30-/m1/s1. The van der Waals surface area contributed by atoms with Crippen LogP contribution in [0.2, 0.25) is 0 Å². The van der Waals surface area contributed by atoms with E-state index in [9.17, 15) is 14.7 Å². The molecule has 0 radical (unpaired) electrons. The fraction of sp³-hybridized carbons (Fsp3) is 0.556. The Balaban J connectivity index is 1.77. The first-order valence-corrected chi connectivity index (χ1v) is 16.3. The van der Waals surface area contributed by atoms with Crippen molar-refractivity contribution in [1.82, 2.24) is 16.0 Å². The number of nitrogens with zero attached hydrogens (tertiary/aromatic N) is 1. The van der Waals surface area contributed by atoms with Crippen LogP contribution < -0.4 is 20.7 Å². The van der Waals surface area contributed by atoms with Crippen molar-refractivity contribution in [2.45, 2.75) is 118 Å². The molecule has 1 unspecified atom stereocenters. The third kappa shape index (κ3) is 10.6. The molecule has 1 amide bonds. The van der Waals surface area contributed by atoms with Gasteiger partial charge in [0.15, 0.2) is 5.11 Å². The van der Waals surface area contributed by atoms with Crippen molar-refractivity contribution < 1.29 is 19.4 Å². The summed E-state index contributed by atoms with van der Waals surface area (Å²) in [7, 11) is 0. The average Bonchev–Trinajstić information content (AvgIpc) is 2.94. The Labute approximate surface area is 274 Å². The number of benzene rings is 2. The predicted molar refractivity (Wildman–Crippen MR) is 186 cm³/mol. The van der Waals surface area contributed by atoms with Gasteiger partial charge < -0.3 is 25.8 Å². The molecule has 9 heteroatoms. The molecule has 246 valence electrons. The summed E-state index contributed by atoms with van der Waals surface area (Å²) in [5.74, 6) is 0.0251. The fourth-order valence-corrected chi connectivity index (χ4v) is 5.43. The summed E-state index contributed by atoms with van der Waals surface area (Å²) in [6, 6.07) is 12.5. The number of phenolic OH excluding ortho intramolecular Hbond substituents is 1. The molecule has 3 rings (SSSR count). The summed E-state index contributed by atoms with van der Waals surface area (Å²) in [6.45, 7) is 17.9. The first kappa shape index (κ1) is 36.0. The minimum absolute atomic E-state index is 0.0471. The van der Waals surface area contributed by atoms with Crippen molar-refractivity contribution in [3.63, 3.8) is 0 Å². The Bertz CT molecular complexity index is 1370. The second-order valence-corrected chi connectivity index (χ2v) is 15.6. The smallest absolute Gasteiger partial charge is 0.316 e. The molecule has 2 aromatic rings. The first-order chi connectivity index (χ1) is 20.9. The molecule has 0 heterocycles. The molecule has 8 nitrogen and oxygen atoms in total. The first-order valence-electron chi connectivity index (χ1n) is 15.9. The van der Waals surface area contributed by atoms with Gasteiger partial charge in [-0.25, -0.2) is 0 Å². The number of rotatable bonds is 8. The van der Waals surface area contributed by atoms with Crippen LogP contribution in [0.1, 0.15) is 105 Å². The van der Waals surface area contributed by atoms with Gasteiger partial charge >= 0.3 is 5.97 Å². The largest absolute Gasteiger partial charge is 0.507 e. The van der Waals surface area contributed by atoms with Gasteiger partial charge in [0, 0.05) is 23.9 Å². The lowest BCUT2D eigenvalue weighted by atomic mass is 9.85. The molecule has 0 bridgehead atoms. The van der Waals surface area contributed by atoms with E-state index in [0.717, 1.165) is 31.2 Å². The summed E-state index contributed by atoms with van der Waals surface area (Å²) in [5, 5.41) is 21.4. The molecule has 0 saturated heterocycles. The molecule has 1 fully saturated rings. The molecule has 45 heavy (non-hydrogen) atoms. The summed E-state index contributed by atoms with van der Waals surface area (Å²) < 4.78 is 5.72. The zero-order valence-corrected chi connectivity index (χ0v) is 29.2. The lowest BCUT2D eigenvalue weighted by Crippen LogP contribution is -2.58. The van der Waals surface area contributed by atoms with Crippen molar-refractivity contribution >= 4 is 35.4 Å². The molecule has 1 aliphatic rings. The van der Waals surface area contributed by atoms with E-state index in [-0.39, 0.29) is 40.5 Å². The highest BCUT2D eigenvalue weighted by atomic mass is 32.1. The van der Waals surface area contributed by atoms with Crippen molar-refractivity contribution in [3.05, 3.63) is 59.2 Å². The molecule has 3 atom stereocenters. The van der Waals surface area contributed by atoms with E-state index in [1.54, 1.807) is 39.1 Å². The van der Waals surface area contributed by atoms with E-state index in [0.29, 0.717) is 28.5 Å². The topological polar surface area (TPSA) is 112 Å². The highest BCUT2D eigenvalue weighted by Crippen LogP contribution is 2.37. The van der Waals surface area contributed by atoms with Crippen LogP contribution >= 0.6 is 12.2 Å². The minimum Gasteiger partial charge on any atom is -0.507 e. The Kier molecular flexibility index (Phi) is 11.8. The fourth-order valence-electron chi connectivity index (χ4n) is 5.16. The predicted octanol–water partition coefficient (Wildman–Crippen LogP) is 6.57. The number of hydrogen-bond donors (Lipinski definition) is 4. The third-order valence-electron chi connectivity index (χ3n) is 7.91. The Hall–Kier alpha value is -3.46. The van der Waals surface area contributed by atoms with Gasteiger partial charge in [-0.05, 0) is 74.4 Å². The monoisotopic (exact) mass is 636 g/mol. The normalized spacial score (nSPS) is 18.2. The molecular weight excluding hydrogens is 584 g/mol. The number of carbonyl (C=O) groups excluding carboxylic acids is 2. The second-order valence-electron chi connectivity index (χ2n) is 15.2. The third-order valence-corrected chi connectivity index (χ3v) is 8.14. The number of hydrogen-bond acceptors (Lipinski definition) is 6. The van der Waals surface area contributed by atoms with Gasteiger partial charge in [-0.2, -0.15) is 0 Å². The van der Waals surface area contributed by atoms with E-state index >= 15 is 0 Å². The molecule has 0 aliphatic heterocycles. The Morgan fingerprint density at radius 1 is 1.02 bits per heavy atom. The number of ether oxygens (including phenoxy) is 1. The van der Waals surface area contributed by atoms with Crippen LogP contribution in [0.3, 0.4) is 0 Å². The highest BCUT2D eigenvalue weighted by Gasteiger charge is 2.33. The minimum atomic E-state index is -0.671. The van der Waals surface area contributed by atoms with Gasteiger partial charge in [-0.3, -0.25) is 14.6 Å². The van der Waals surface area contributed by atoms with Crippen LogP contribution in [0, 0.1) is 10.8 Å². The van der Waals surface area contributed by atoms with E-state index in [4.69, 9.17) is 21.9 Å². The van der Waals surface area contributed by atoms with Crippen molar-refractivity contribution in [3.8, 4) is 11.5 Å². The van der Waals surface area contributed by atoms with Crippen LogP contribution in [0.5, 0.6) is 11.5 Å². The SMILES string of the molecule is CC(C)(C)C(=O)Oc1cc(C=N[C@@H]2CCCCC2NC(=S)N[C@H](C(=O)NCc2ccccc2)C(C)(C)C)c(O)c(C(C)(C)C)c1. The van der Waals surface area contributed by atoms with Crippen molar-refractivity contribution in [2.75, 3.05) is 0 Å². The number of nitrogens with one attached hydrogen (secondary N) is 3. The van der Waals surface area contributed by atoms with Crippen molar-refractivity contribution in [2.24, 2.45) is 15.8 Å². The van der Waals surface area contributed by atoms with Crippen molar-refractivity contribution in [1.29, 1.82) is 0 Å². The number of aromatic hydroxyl groups is 1. The van der Waals surface area contributed by atoms with Gasteiger partial charge in [0.1, 0.15) is 17.5 Å². The number of thiocarbonyl (C=S) groups is 1.